The first kappa shape index (κ1) is 12.0. The van der Waals surface area contributed by atoms with Crippen molar-refractivity contribution in [2.75, 3.05) is 0 Å². The number of nitrogens with zero attached hydrogens (tertiary/aromatic N) is 3. The minimum absolute atomic E-state index is 0.307. The van der Waals surface area contributed by atoms with Crippen LogP contribution in [0.25, 0.3) is 5.65 Å². The minimum Gasteiger partial charge on any atom is -0.481 e. The SMILES string of the molecule is CC(C)(Cc1nc2ccc(Br)cn2n1)C(=O)O. The van der Waals surface area contributed by atoms with Crippen LogP contribution in [0.3, 0.4) is 0 Å². The van der Waals surface area contributed by atoms with Crippen LogP contribution < -0.4 is 0 Å². The molecule has 0 spiro atoms. The second kappa shape index (κ2) is 4.10. The number of aromatic nitrogens is 3. The summed E-state index contributed by atoms with van der Waals surface area (Å²) in [5, 5.41) is 13.3. The Labute approximate surface area is 107 Å². The van der Waals surface area contributed by atoms with Crippen LogP contribution in [-0.2, 0) is 11.2 Å². The average molecular weight is 298 g/mol. The molecule has 0 saturated heterocycles. The van der Waals surface area contributed by atoms with Gasteiger partial charge >= 0.3 is 5.97 Å². The van der Waals surface area contributed by atoms with Crippen LogP contribution in [0.2, 0.25) is 0 Å². The zero-order valence-electron chi connectivity index (χ0n) is 9.51. The van der Waals surface area contributed by atoms with Gasteiger partial charge in [0.15, 0.2) is 11.5 Å². The first-order valence-corrected chi connectivity index (χ1v) is 5.92. The highest BCUT2D eigenvalue weighted by molar-refractivity contribution is 9.10. The lowest BCUT2D eigenvalue weighted by Gasteiger charge is -2.16. The summed E-state index contributed by atoms with van der Waals surface area (Å²) >= 11 is 3.34. The lowest BCUT2D eigenvalue weighted by molar-refractivity contribution is -0.146. The van der Waals surface area contributed by atoms with Crippen molar-refractivity contribution < 1.29 is 9.90 Å². The molecular formula is C11H12BrN3O2. The van der Waals surface area contributed by atoms with E-state index in [4.69, 9.17) is 5.11 Å². The molecule has 0 aliphatic rings. The zero-order chi connectivity index (χ0) is 12.6. The number of hydrogen-bond acceptors (Lipinski definition) is 3. The van der Waals surface area contributed by atoms with Crippen molar-refractivity contribution in [1.29, 1.82) is 0 Å². The van der Waals surface area contributed by atoms with E-state index in [0.717, 1.165) is 4.47 Å². The summed E-state index contributed by atoms with van der Waals surface area (Å²) in [7, 11) is 0. The molecule has 0 aromatic carbocycles. The summed E-state index contributed by atoms with van der Waals surface area (Å²) in [6, 6.07) is 3.70. The van der Waals surface area contributed by atoms with Crippen molar-refractivity contribution >= 4 is 27.5 Å². The predicted octanol–water partition coefficient (Wildman–Crippen LogP) is 2.15. The molecule has 0 atom stereocenters. The third-order valence-corrected chi connectivity index (χ3v) is 2.99. The molecule has 5 nitrogen and oxygen atoms in total. The third kappa shape index (κ3) is 2.46. The van der Waals surface area contributed by atoms with Crippen LogP contribution in [0.5, 0.6) is 0 Å². The van der Waals surface area contributed by atoms with E-state index in [1.165, 1.54) is 0 Å². The van der Waals surface area contributed by atoms with Crippen molar-refractivity contribution in [3.05, 3.63) is 28.6 Å². The van der Waals surface area contributed by atoms with Crippen molar-refractivity contribution in [2.45, 2.75) is 20.3 Å². The lowest BCUT2D eigenvalue weighted by Crippen LogP contribution is -2.26. The van der Waals surface area contributed by atoms with Gasteiger partial charge in [-0.1, -0.05) is 0 Å². The lowest BCUT2D eigenvalue weighted by atomic mass is 9.89. The number of carboxylic acid groups (broad SMARTS) is 1. The fourth-order valence-electron chi connectivity index (χ4n) is 1.45. The second-order valence-electron chi connectivity index (χ2n) is 4.54. The number of rotatable bonds is 3. The van der Waals surface area contributed by atoms with E-state index in [1.54, 1.807) is 24.6 Å². The van der Waals surface area contributed by atoms with Crippen molar-refractivity contribution in [2.24, 2.45) is 5.41 Å². The van der Waals surface area contributed by atoms with Gasteiger partial charge in [-0.25, -0.2) is 9.50 Å². The Morgan fingerprint density at radius 2 is 2.24 bits per heavy atom. The highest BCUT2D eigenvalue weighted by Gasteiger charge is 2.29. The molecule has 2 heterocycles. The maximum Gasteiger partial charge on any atom is 0.309 e. The van der Waals surface area contributed by atoms with Crippen LogP contribution in [0.1, 0.15) is 19.7 Å². The summed E-state index contributed by atoms with van der Waals surface area (Å²) < 4.78 is 2.54. The summed E-state index contributed by atoms with van der Waals surface area (Å²) in [5.74, 6) is -0.312. The fourth-order valence-corrected chi connectivity index (χ4v) is 1.78. The van der Waals surface area contributed by atoms with Crippen molar-refractivity contribution in [1.82, 2.24) is 14.6 Å². The van der Waals surface area contributed by atoms with E-state index < -0.39 is 11.4 Å². The zero-order valence-corrected chi connectivity index (χ0v) is 11.1. The maximum atomic E-state index is 11.0. The number of fused-ring (bicyclic) bond motifs is 1. The largest absolute Gasteiger partial charge is 0.481 e. The normalized spacial score (nSPS) is 11.9. The standard InChI is InChI=1S/C11H12BrN3O2/c1-11(2,10(16)17)5-8-13-9-4-3-7(12)6-15(9)14-8/h3-4,6H,5H2,1-2H3,(H,16,17). The summed E-state index contributed by atoms with van der Waals surface area (Å²) in [4.78, 5) is 15.3. The Balaban J connectivity index is 2.34. The van der Waals surface area contributed by atoms with E-state index in [2.05, 4.69) is 26.0 Å². The third-order valence-electron chi connectivity index (χ3n) is 2.52. The van der Waals surface area contributed by atoms with Crippen molar-refractivity contribution in [3.8, 4) is 0 Å². The number of aliphatic carboxylic acids is 1. The van der Waals surface area contributed by atoms with E-state index in [9.17, 15) is 4.79 Å². The molecule has 1 N–H and O–H groups in total. The predicted molar refractivity (Wildman–Crippen MR) is 65.8 cm³/mol. The molecule has 0 unspecified atom stereocenters. The Morgan fingerprint density at radius 3 is 2.88 bits per heavy atom. The van der Waals surface area contributed by atoms with Crippen LogP contribution in [-0.4, -0.2) is 25.7 Å². The van der Waals surface area contributed by atoms with Gasteiger partial charge < -0.3 is 5.11 Å². The number of carbonyl (C=O) groups is 1. The van der Waals surface area contributed by atoms with E-state index >= 15 is 0 Å². The molecular weight excluding hydrogens is 286 g/mol. The molecule has 0 fully saturated rings. The molecule has 6 heteroatoms. The molecule has 90 valence electrons. The second-order valence-corrected chi connectivity index (χ2v) is 5.46. The molecule has 17 heavy (non-hydrogen) atoms. The maximum absolute atomic E-state index is 11.0. The van der Waals surface area contributed by atoms with E-state index in [-0.39, 0.29) is 0 Å². The quantitative estimate of drug-likeness (QED) is 0.942. The molecule has 2 aromatic heterocycles. The minimum atomic E-state index is -0.859. The molecule has 0 bridgehead atoms. The Morgan fingerprint density at radius 1 is 1.53 bits per heavy atom. The van der Waals surface area contributed by atoms with Gasteiger partial charge in [-0.05, 0) is 41.9 Å². The topological polar surface area (TPSA) is 67.5 Å². The Hall–Kier alpha value is -1.43. The smallest absolute Gasteiger partial charge is 0.309 e. The van der Waals surface area contributed by atoms with Crippen LogP contribution >= 0.6 is 15.9 Å². The first-order chi connectivity index (χ1) is 7.88. The van der Waals surface area contributed by atoms with Gasteiger partial charge in [0, 0.05) is 17.1 Å². The number of pyridine rings is 1. The number of hydrogen-bond donors (Lipinski definition) is 1. The fraction of sp³-hybridized carbons (Fsp3) is 0.364. The number of carboxylic acids is 1. The van der Waals surface area contributed by atoms with Gasteiger partial charge in [-0.3, -0.25) is 4.79 Å². The van der Waals surface area contributed by atoms with E-state index in [0.29, 0.717) is 17.9 Å². The monoisotopic (exact) mass is 297 g/mol. The first-order valence-electron chi connectivity index (χ1n) is 5.13. The van der Waals surface area contributed by atoms with Gasteiger partial charge in [-0.15, -0.1) is 0 Å². The summed E-state index contributed by atoms with van der Waals surface area (Å²) in [6.45, 7) is 3.33. The number of halogens is 1. The molecule has 0 aliphatic carbocycles. The van der Waals surface area contributed by atoms with Gasteiger partial charge in [0.1, 0.15) is 0 Å². The van der Waals surface area contributed by atoms with Crippen LogP contribution in [0, 0.1) is 5.41 Å². The molecule has 2 aromatic rings. The summed E-state index contributed by atoms with van der Waals surface area (Å²) in [5.41, 5.74) is -0.147. The van der Waals surface area contributed by atoms with Crippen LogP contribution in [0.15, 0.2) is 22.8 Å². The van der Waals surface area contributed by atoms with Gasteiger partial charge in [0.05, 0.1) is 5.41 Å². The van der Waals surface area contributed by atoms with Gasteiger partial charge in [0.25, 0.3) is 0 Å². The summed E-state index contributed by atoms with van der Waals surface area (Å²) in [6.07, 6.45) is 2.10. The highest BCUT2D eigenvalue weighted by atomic mass is 79.9. The molecule has 2 rings (SSSR count). The molecule has 0 aliphatic heterocycles. The van der Waals surface area contributed by atoms with Gasteiger partial charge in [0.2, 0.25) is 0 Å². The van der Waals surface area contributed by atoms with Gasteiger partial charge in [-0.2, -0.15) is 5.10 Å². The molecule has 0 amide bonds. The Bertz CT molecular complexity index is 577. The van der Waals surface area contributed by atoms with E-state index in [1.807, 2.05) is 12.1 Å². The highest BCUT2D eigenvalue weighted by Crippen LogP contribution is 2.21. The Kier molecular flexibility index (Phi) is 2.91. The average Bonchev–Trinajstić information content (AvgIpc) is 2.57. The molecule has 0 radical (unpaired) electrons. The molecule has 0 saturated carbocycles. The van der Waals surface area contributed by atoms with Crippen LogP contribution in [0.4, 0.5) is 0 Å². The van der Waals surface area contributed by atoms with Crippen molar-refractivity contribution in [3.63, 3.8) is 0 Å².